The molecule has 3 atom stereocenters. The number of benzene rings is 1. The predicted molar refractivity (Wildman–Crippen MR) is 74.4 cm³/mol. The van der Waals surface area contributed by atoms with Crippen LogP contribution in [0.1, 0.15) is 31.4 Å². The van der Waals surface area contributed by atoms with Gasteiger partial charge in [-0.15, -0.1) is 0 Å². The zero-order valence-corrected chi connectivity index (χ0v) is 11.7. The van der Waals surface area contributed by atoms with Gasteiger partial charge in [-0.25, -0.2) is 4.39 Å². The Kier molecular flexibility index (Phi) is 4.91. The first-order valence-corrected chi connectivity index (χ1v) is 6.91. The van der Waals surface area contributed by atoms with Crippen molar-refractivity contribution in [3.8, 4) is 0 Å². The van der Waals surface area contributed by atoms with Crippen LogP contribution in [-0.2, 0) is 4.74 Å². The quantitative estimate of drug-likeness (QED) is 0.889. The van der Waals surface area contributed by atoms with Gasteiger partial charge < -0.3 is 10.5 Å². The van der Waals surface area contributed by atoms with E-state index in [-0.39, 0.29) is 24.0 Å². The van der Waals surface area contributed by atoms with E-state index in [1.54, 1.807) is 6.07 Å². The number of ether oxygens (including phenoxy) is 1. The lowest BCUT2D eigenvalue weighted by molar-refractivity contribution is 0.0635. The summed E-state index contributed by atoms with van der Waals surface area (Å²) in [5.74, 6) is -0.191. The lowest BCUT2D eigenvalue weighted by atomic mass is 9.98. The minimum atomic E-state index is -0.191. The van der Waals surface area contributed by atoms with Gasteiger partial charge >= 0.3 is 0 Å². The molecule has 0 amide bonds. The second-order valence-corrected chi connectivity index (χ2v) is 5.40. The van der Waals surface area contributed by atoms with E-state index < -0.39 is 0 Å². The highest BCUT2D eigenvalue weighted by Gasteiger charge is 2.27. The summed E-state index contributed by atoms with van der Waals surface area (Å²) in [5.41, 5.74) is 6.73. The molecular formula is C15H23FN2O. The fourth-order valence-corrected chi connectivity index (χ4v) is 2.86. The van der Waals surface area contributed by atoms with Crippen LogP contribution in [0.3, 0.4) is 0 Å². The van der Waals surface area contributed by atoms with Crippen LogP contribution in [0.4, 0.5) is 4.39 Å². The van der Waals surface area contributed by atoms with Crippen LogP contribution in [0.5, 0.6) is 0 Å². The number of rotatable bonds is 5. The maximum atomic E-state index is 14.0. The van der Waals surface area contributed by atoms with Crippen molar-refractivity contribution in [1.29, 1.82) is 0 Å². The van der Waals surface area contributed by atoms with Gasteiger partial charge in [0.05, 0.1) is 12.1 Å². The van der Waals surface area contributed by atoms with Gasteiger partial charge in [0.1, 0.15) is 5.82 Å². The largest absolute Gasteiger partial charge is 0.377 e. The summed E-state index contributed by atoms with van der Waals surface area (Å²) in [7, 11) is 1.99. The van der Waals surface area contributed by atoms with E-state index in [1.165, 1.54) is 6.07 Å². The Morgan fingerprint density at radius 2 is 2.21 bits per heavy atom. The SMILES string of the molecule is CC(N)C(c1ccccc1F)N(C)CC1CCCO1. The van der Waals surface area contributed by atoms with Crippen molar-refractivity contribution >= 4 is 0 Å². The first-order valence-electron chi connectivity index (χ1n) is 6.91. The summed E-state index contributed by atoms with van der Waals surface area (Å²) in [4.78, 5) is 2.11. The molecule has 2 N–H and O–H groups in total. The summed E-state index contributed by atoms with van der Waals surface area (Å²) >= 11 is 0. The molecule has 1 saturated heterocycles. The molecule has 4 heteroatoms. The van der Waals surface area contributed by atoms with Gasteiger partial charge in [-0.3, -0.25) is 4.90 Å². The zero-order chi connectivity index (χ0) is 13.8. The summed E-state index contributed by atoms with van der Waals surface area (Å²) in [6.07, 6.45) is 2.44. The monoisotopic (exact) mass is 266 g/mol. The molecule has 2 rings (SSSR count). The molecule has 1 heterocycles. The van der Waals surface area contributed by atoms with Gasteiger partial charge in [0, 0.05) is 24.8 Å². The third-order valence-electron chi connectivity index (χ3n) is 3.71. The third-order valence-corrected chi connectivity index (χ3v) is 3.71. The van der Waals surface area contributed by atoms with Gasteiger partial charge in [-0.05, 0) is 32.9 Å². The summed E-state index contributed by atoms with van der Waals surface area (Å²) < 4.78 is 19.6. The topological polar surface area (TPSA) is 38.5 Å². The average molecular weight is 266 g/mol. The van der Waals surface area contributed by atoms with E-state index in [1.807, 2.05) is 26.1 Å². The first kappa shape index (κ1) is 14.4. The summed E-state index contributed by atoms with van der Waals surface area (Å²) in [6.45, 7) is 3.55. The molecule has 0 bridgehead atoms. The van der Waals surface area contributed by atoms with Crippen molar-refractivity contribution < 1.29 is 9.13 Å². The van der Waals surface area contributed by atoms with Crippen LogP contribution in [0, 0.1) is 5.82 Å². The van der Waals surface area contributed by atoms with Crippen molar-refractivity contribution in [2.75, 3.05) is 20.2 Å². The Bertz CT molecular complexity index is 405. The maximum absolute atomic E-state index is 14.0. The highest BCUT2D eigenvalue weighted by molar-refractivity contribution is 5.22. The van der Waals surface area contributed by atoms with E-state index in [2.05, 4.69) is 4.90 Å². The molecule has 1 aliphatic rings. The Hall–Kier alpha value is -0.970. The third kappa shape index (κ3) is 3.53. The van der Waals surface area contributed by atoms with E-state index in [4.69, 9.17) is 10.5 Å². The lowest BCUT2D eigenvalue weighted by Crippen LogP contribution is -2.41. The van der Waals surface area contributed by atoms with Crippen LogP contribution in [-0.4, -0.2) is 37.2 Å². The molecule has 0 radical (unpaired) electrons. The Morgan fingerprint density at radius 3 is 2.79 bits per heavy atom. The minimum Gasteiger partial charge on any atom is -0.377 e. The van der Waals surface area contributed by atoms with Gasteiger partial charge in [-0.2, -0.15) is 0 Å². The van der Waals surface area contributed by atoms with Gasteiger partial charge in [-0.1, -0.05) is 18.2 Å². The molecule has 1 fully saturated rings. The minimum absolute atomic E-state index is 0.120. The molecule has 0 aromatic heterocycles. The van der Waals surface area contributed by atoms with E-state index >= 15 is 0 Å². The summed E-state index contributed by atoms with van der Waals surface area (Å²) in [5, 5.41) is 0. The van der Waals surface area contributed by atoms with Crippen LogP contribution in [0.2, 0.25) is 0 Å². The van der Waals surface area contributed by atoms with Crippen molar-refractivity contribution in [3.63, 3.8) is 0 Å². The van der Waals surface area contributed by atoms with Crippen LogP contribution in [0.25, 0.3) is 0 Å². The molecule has 0 spiro atoms. The molecule has 1 aliphatic heterocycles. The number of halogens is 1. The van der Waals surface area contributed by atoms with Crippen molar-refractivity contribution in [2.24, 2.45) is 5.73 Å². The molecule has 1 aromatic carbocycles. The number of nitrogens with two attached hydrogens (primary N) is 1. The van der Waals surface area contributed by atoms with Gasteiger partial charge in [0.25, 0.3) is 0 Å². The van der Waals surface area contributed by atoms with E-state index in [0.717, 1.165) is 26.0 Å². The second-order valence-electron chi connectivity index (χ2n) is 5.40. The Balaban J connectivity index is 2.13. The van der Waals surface area contributed by atoms with E-state index in [0.29, 0.717) is 5.56 Å². The maximum Gasteiger partial charge on any atom is 0.128 e. The molecule has 1 aromatic rings. The normalized spacial score (nSPS) is 22.7. The van der Waals surface area contributed by atoms with Crippen LogP contribution >= 0.6 is 0 Å². The van der Waals surface area contributed by atoms with E-state index in [9.17, 15) is 4.39 Å². The highest BCUT2D eigenvalue weighted by atomic mass is 19.1. The predicted octanol–water partition coefficient (Wildman–Crippen LogP) is 2.32. The van der Waals surface area contributed by atoms with Crippen molar-refractivity contribution in [3.05, 3.63) is 35.6 Å². The number of likely N-dealkylation sites (N-methyl/N-ethyl adjacent to an activating group) is 1. The fraction of sp³-hybridized carbons (Fsp3) is 0.600. The number of nitrogens with zero attached hydrogens (tertiary/aromatic N) is 1. The molecule has 3 nitrogen and oxygen atoms in total. The Labute approximate surface area is 114 Å². The first-order chi connectivity index (χ1) is 9.09. The fourth-order valence-electron chi connectivity index (χ4n) is 2.86. The van der Waals surface area contributed by atoms with Crippen LogP contribution < -0.4 is 5.73 Å². The average Bonchev–Trinajstić information content (AvgIpc) is 2.84. The Morgan fingerprint density at radius 1 is 1.47 bits per heavy atom. The molecule has 3 unspecified atom stereocenters. The molecule has 19 heavy (non-hydrogen) atoms. The highest BCUT2D eigenvalue weighted by Crippen LogP contribution is 2.26. The molecule has 106 valence electrons. The van der Waals surface area contributed by atoms with Gasteiger partial charge in [0.2, 0.25) is 0 Å². The number of hydrogen-bond donors (Lipinski definition) is 1. The van der Waals surface area contributed by atoms with Crippen molar-refractivity contribution in [1.82, 2.24) is 4.90 Å². The standard InChI is InChI=1S/C15H23FN2O/c1-11(17)15(13-7-3-4-8-14(13)16)18(2)10-12-6-5-9-19-12/h3-4,7-8,11-12,15H,5-6,9-10,17H2,1-2H3. The molecular weight excluding hydrogens is 243 g/mol. The van der Waals surface area contributed by atoms with Gasteiger partial charge in [0.15, 0.2) is 0 Å². The van der Waals surface area contributed by atoms with Crippen molar-refractivity contribution in [2.45, 2.75) is 38.0 Å². The zero-order valence-electron chi connectivity index (χ0n) is 11.7. The lowest BCUT2D eigenvalue weighted by Gasteiger charge is -2.33. The number of hydrogen-bond acceptors (Lipinski definition) is 3. The second kappa shape index (κ2) is 6.46. The van der Waals surface area contributed by atoms with Crippen LogP contribution in [0.15, 0.2) is 24.3 Å². The summed E-state index contributed by atoms with van der Waals surface area (Å²) in [6, 6.07) is 6.61. The molecule has 0 saturated carbocycles. The smallest absolute Gasteiger partial charge is 0.128 e. The molecule has 0 aliphatic carbocycles.